The second kappa shape index (κ2) is 9.97. The van der Waals surface area contributed by atoms with Crippen LogP contribution in [0.25, 0.3) is 10.9 Å². The third-order valence-corrected chi connectivity index (χ3v) is 5.73. The Balaban J connectivity index is 1.83. The molecule has 0 saturated carbocycles. The topological polar surface area (TPSA) is 49.7 Å². The van der Waals surface area contributed by atoms with E-state index in [-0.39, 0.29) is 17.8 Å². The quantitative estimate of drug-likeness (QED) is 0.278. The molecule has 0 fully saturated rings. The molecule has 1 aromatic heterocycles. The summed E-state index contributed by atoms with van der Waals surface area (Å²) in [5.41, 5.74) is 3.17. The molecule has 3 aromatic carbocycles. The van der Waals surface area contributed by atoms with Gasteiger partial charge in [-0.1, -0.05) is 12.1 Å². The molecule has 0 aliphatic carbocycles. The van der Waals surface area contributed by atoms with Crippen LogP contribution in [0.4, 0.5) is 13.2 Å². The number of rotatable bonds is 7. The van der Waals surface area contributed by atoms with E-state index in [1.54, 1.807) is 31.2 Å². The van der Waals surface area contributed by atoms with Crippen molar-refractivity contribution < 1.29 is 32.2 Å². The number of alkyl halides is 3. The second-order valence-electron chi connectivity index (χ2n) is 8.65. The fraction of sp³-hybridized carbons (Fsp3) is 0.250. The number of fused-ring (bicyclic) bond motifs is 1. The molecule has 0 spiro atoms. The van der Waals surface area contributed by atoms with Gasteiger partial charge in [-0.2, -0.15) is 0 Å². The lowest BCUT2D eigenvalue weighted by atomic mass is 10.0. The molecule has 0 N–H and O–H groups in total. The average Bonchev–Trinajstić information content (AvgIpc) is 3.08. The molecule has 4 aromatic rings. The minimum Gasteiger partial charge on any atom is -0.497 e. The van der Waals surface area contributed by atoms with E-state index < -0.39 is 6.36 Å². The summed E-state index contributed by atoms with van der Waals surface area (Å²) in [5.74, 6) is 0.660. The van der Waals surface area contributed by atoms with E-state index in [9.17, 15) is 18.0 Å². The Morgan fingerprint density at radius 1 is 0.944 bits per heavy atom. The highest BCUT2D eigenvalue weighted by Crippen LogP contribution is 2.34. The monoisotopic (exact) mass is 497 g/mol. The molecule has 8 heteroatoms. The fourth-order valence-corrected chi connectivity index (χ4v) is 4.21. The first-order chi connectivity index (χ1) is 17.1. The van der Waals surface area contributed by atoms with Crippen LogP contribution in [0.3, 0.4) is 0 Å². The Morgan fingerprint density at radius 2 is 1.64 bits per heavy atom. The minimum absolute atomic E-state index is 0.00640. The number of nitrogens with zero attached hydrogens (tertiary/aromatic N) is 1. The van der Waals surface area contributed by atoms with Gasteiger partial charge in [-0.3, -0.25) is 9.36 Å². The van der Waals surface area contributed by atoms with E-state index in [0.717, 1.165) is 11.1 Å². The molecule has 0 amide bonds. The summed E-state index contributed by atoms with van der Waals surface area (Å²) in [6.07, 6.45) is -4.45. The van der Waals surface area contributed by atoms with Crippen molar-refractivity contribution in [3.63, 3.8) is 0 Å². The molecule has 0 aliphatic heterocycles. The third kappa shape index (κ3) is 5.48. The minimum atomic E-state index is -4.83. The van der Waals surface area contributed by atoms with E-state index in [1.807, 2.05) is 38.1 Å². The number of benzene rings is 3. The zero-order valence-corrected chi connectivity index (χ0v) is 20.3. The number of carbonyl (C=O) groups is 1. The van der Waals surface area contributed by atoms with Crippen molar-refractivity contribution in [1.29, 1.82) is 0 Å². The number of hydrogen-bond acceptors (Lipinski definition) is 4. The van der Waals surface area contributed by atoms with Gasteiger partial charge < -0.3 is 14.2 Å². The predicted molar refractivity (Wildman–Crippen MR) is 131 cm³/mol. The maximum absolute atomic E-state index is 13.5. The van der Waals surface area contributed by atoms with Crippen LogP contribution in [0.5, 0.6) is 17.2 Å². The van der Waals surface area contributed by atoms with E-state index in [0.29, 0.717) is 40.1 Å². The largest absolute Gasteiger partial charge is 0.573 e. The number of hydrogen-bond donors (Lipinski definition) is 0. The van der Waals surface area contributed by atoms with Crippen molar-refractivity contribution in [2.45, 2.75) is 39.7 Å². The van der Waals surface area contributed by atoms with Gasteiger partial charge in [-0.15, -0.1) is 13.2 Å². The zero-order chi connectivity index (χ0) is 26.0. The van der Waals surface area contributed by atoms with Crippen LogP contribution in [-0.2, 0) is 6.42 Å². The van der Waals surface area contributed by atoms with Gasteiger partial charge in [0.15, 0.2) is 0 Å². The highest BCUT2D eigenvalue weighted by atomic mass is 19.4. The molecule has 4 rings (SSSR count). The number of aromatic nitrogens is 1. The summed E-state index contributed by atoms with van der Waals surface area (Å²) in [5, 5.41) is 0.506. The van der Waals surface area contributed by atoms with Crippen LogP contribution in [0, 0.1) is 6.92 Å². The van der Waals surface area contributed by atoms with Crippen LogP contribution >= 0.6 is 0 Å². The predicted octanol–water partition coefficient (Wildman–Crippen LogP) is 6.92. The summed E-state index contributed by atoms with van der Waals surface area (Å²) >= 11 is 0. The van der Waals surface area contributed by atoms with Crippen molar-refractivity contribution in [1.82, 2.24) is 4.57 Å². The van der Waals surface area contributed by atoms with E-state index >= 15 is 0 Å². The van der Waals surface area contributed by atoms with Gasteiger partial charge in [0.1, 0.15) is 17.2 Å². The Kier molecular flexibility index (Phi) is 6.97. The summed E-state index contributed by atoms with van der Waals surface area (Å²) in [6, 6.07) is 18.2. The summed E-state index contributed by atoms with van der Waals surface area (Å²) < 4.78 is 55.4. The molecule has 1 heterocycles. The van der Waals surface area contributed by atoms with Crippen LogP contribution in [-0.4, -0.2) is 30.1 Å². The number of carbonyl (C=O) groups excluding carboxylic acids is 1. The van der Waals surface area contributed by atoms with Crippen LogP contribution in [0.15, 0.2) is 66.7 Å². The SMILES string of the molecule is COc1ccc(C(=O)n2c(C)c(Cc3cccc(OC(C)C)c3)c3cc(OC(F)(F)F)ccc32)cc1. The lowest BCUT2D eigenvalue weighted by Crippen LogP contribution is -2.17. The van der Waals surface area contributed by atoms with Crippen molar-refractivity contribution >= 4 is 16.8 Å². The molecule has 36 heavy (non-hydrogen) atoms. The van der Waals surface area contributed by atoms with Crippen molar-refractivity contribution in [2.24, 2.45) is 0 Å². The normalized spacial score (nSPS) is 11.7. The van der Waals surface area contributed by atoms with Crippen LogP contribution < -0.4 is 14.2 Å². The van der Waals surface area contributed by atoms with Gasteiger partial charge in [0.05, 0.1) is 18.7 Å². The first-order valence-corrected chi connectivity index (χ1v) is 11.4. The maximum atomic E-state index is 13.5. The molecule has 0 saturated heterocycles. The van der Waals surface area contributed by atoms with E-state index in [2.05, 4.69) is 4.74 Å². The molecular formula is C28H26F3NO4. The van der Waals surface area contributed by atoms with Crippen molar-refractivity contribution in [3.05, 3.63) is 89.1 Å². The maximum Gasteiger partial charge on any atom is 0.573 e. The molecule has 0 radical (unpaired) electrons. The summed E-state index contributed by atoms with van der Waals surface area (Å²) in [6.45, 7) is 5.64. The molecule has 0 unspecified atom stereocenters. The number of methoxy groups -OCH3 is 1. The lowest BCUT2D eigenvalue weighted by molar-refractivity contribution is -0.274. The second-order valence-corrected chi connectivity index (χ2v) is 8.65. The number of halogens is 3. The third-order valence-electron chi connectivity index (χ3n) is 5.73. The van der Waals surface area contributed by atoms with Crippen LogP contribution in [0.1, 0.15) is 41.0 Å². The van der Waals surface area contributed by atoms with Gasteiger partial charge in [0.2, 0.25) is 0 Å². The Morgan fingerprint density at radius 3 is 2.28 bits per heavy atom. The Labute approximate surface area is 207 Å². The molecular weight excluding hydrogens is 471 g/mol. The summed E-state index contributed by atoms with van der Waals surface area (Å²) in [7, 11) is 1.54. The van der Waals surface area contributed by atoms with Gasteiger partial charge in [0, 0.05) is 16.6 Å². The van der Waals surface area contributed by atoms with E-state index in [1.165, 1.54) is 29.9 Å². The Hall–Kier alpha value is -3.94. The molecule has 5 nitrogen and oxygen atoms in total. The highest BCUT2D eigenvalue weighted by Gasteiger charge is 2.31. The molecule has 0 aliphatic rings. The average molecular weight is 498 g/mol. The van der Waals surface area contributed by atoms with Gasteiger partial charge in [-0.25, -0.2) is 0 Å². The van der Waals surface area contributed by atoms with Gasteiger partial charge in [-0.05, 0) is 92.9 Å². The van der Waals surface area contributed by atoms with Crippen molar-refractivity contribution in [3.8, 4) is 17.2 Å². The fourth-order valence-electron chi connectivity index (χ4n) is 4.21. The van der Waals surface area contributed by atoms with Crippen LogP contribution in [0.2, 0.25) is 0 Å². The van der Waals surface area contributed by atoms with Gasteiger partial charge in [0.25, 0.3) is 5.91 Å². The van der Waals surface area contributed by atoms with Crippen molar-refractivity contribution in [2.75, 3.05) is 7.11 Å². The first kappa shape index (κ1) is 25.2. The standard InChI is InChI=1S/C28H26F3NO4/c1-17(2)35-22-7-5-6-19(14-22)15-24-18(3)32(27(33)20-8-10-21(34-4)11-9-20)26-13-12-23(16-25(24)26)36-28(29,30)31/h5-14,16-17H,15H2,1-4H3. The van der Waals surface area contributed by atoms with Gasteiger partial charge >= 0.3 is 6.36 Å². The highest BCUT2D eigenvalue weighted by molar-refractivity contribution is 6.04. The Bertz CT molecular complexity index is 1390. The molecule has 0 atom stereocenters. The lowest BCUT2D eigenvalue weighted by Gasteiger charge is -2.11. The van der Waals surface area contributed by atoms with E-state index in [4.69, 9.17) is 9.47 Å². The smallest absolute Gasteiger partial charge is 0.497 e. The zero-order valence-electron chi connectivity index (χ0n) is 20.3. The first-order valence-electron chi connectivity index (χ1n) is 11.4. The molecule has 0 bridgehead atoms. The molecule has 188 valence electrons. The summed E-state index contributed by atoms with van der Waals surface area (Å²) in [4.78, 5) is 13.5. The number of ether oxygens (including phenoxy) is 3.